The van der Waals surface area contributed by atoms with Crippen LogP contribution in [0.1, 0.15) is 5.69 Å². The topological polar surface area (TPSA) is 55.9 Å². The molecule has 0 unspecified atom stereocenters. The molecule has 1 aliphatic rings. The Labute approximate surface area is 107 Å². The lowest BCUT2D eigenvalue weighted by Gasteiger charge is -1.88. The number of nitrogens with zero attached hydrogens (tertiary/aromatic N) is 3. The second kappa shape index (κ2) is 3.00. The Morgan fingerprint density at radius 3 is 3.16 bits per heavy atom. The van der Waals surface area contributed by atoms with Crippen LogP contribution in [0.5, 0.6) is 0 Å². The first-order valence-corrected chi connectivity index (χ1v) is 6.05. The van der Waals surface area contributed by atoms with Gasteiger partial charge in [-0.25, -0.2) is 0 Å². The van der Waals surface area contributed by atoms with Crippen LogP contribution in [0.25, 0.3) is 33.7 Å². The standard InChI is InChI=1S/C14H8N3O2/c1-2-8-10(16-4-1)7-17-13(8)19-12-9-3-5-15-6-11(9)18-14(12)17/h1-6H,7H2/q+1. The molecule has 5 nitrogen and oxygen atoms in total. The van der Waals surface area contributed by atoms with Gasteiger partial charge in [-0.05, 0) is 18.2 Å². The molecule has 1 aliphatic heterocycles. The molecule has 0 aliphatic carbocycles. The first-order chi connectivity index (χ1) is 9.42. The molecular formula is C14H8N3O2+. The first kappa shape index (κ1) is 9.27. The average Bonchev–Trinajstić information content (AvgIpc) is 3.07. The molecule has 5 rings (SSSR count). The van der Waals surface area contributed by atoms with E-state index in [1.165, 1.54) is 0 Å². The maximum Gasteiger partial charge on any atom is 0.422 e. The fourth-order valence-electron chi connectivity index (χ4n) is 2.69. The zero-order chi connectivity index (χ0) is 12.4. The lowest BCUT2D eigenvalue weighted by Crippen LogP contribution is -2.30. The third-order valence-electron chi connectivity index (χ3n) is 3.55. The van der Waals surface area contributed by atoms with Gasteiger partial charge in [0.2, 0.25) is 0 Å². The van der Waals surface area contributed by atoms with Gasteiger partial charge in [0.1, 0.15) is 11.3 Å². The monoisotopic (exact) mass is 250 g/mol. The zero-order valence-corrected chi connectivity index (χ0v) is 9.83. The van der Waals surface area contributed by atoms with Crippen molar-refractivity contribution in [3.63, 3.8) is 0 Å². The number of fused-ring (bicyclic) bond motifs is 7. The van der Waals surface area contributed by atoms with E-state index >= 15 is 0 Å². The summed E-state index contributed by atoms with van der Waals surface area (Å²) in [7, 11) is 0. The molecule has 0 saturated carbocycles. The number of rotatable bonds is 0. The Kier molecular flexibility index (Phi) is 1.46. The highest BCUT2D eigenvalue weighted by atomic mass is 16.4. The number of furan rings is 1. The SMILES string of the molecule is c1cnc2c(c1)-c1oc3c4ccncc4oc3[n+]1C2. The van der Waals surface area contributed by atoms with Crippen LogP contribution in [-0.4, -0.2) is 9.97 Å². The van der Waals surface area contributed by atoms with Gasteiger partial charge in [-0.3, -0.25) is 9.97 Å². The normalized spacial score (nSPS) is 13.1. The molecule has 0 atom stereocenters. The maximum atomic E-state index is 5.99. The quantitative estimate of drug-likeness (QED) is 0.396. The van der Waals surface area contributed by atoms with Crippen molar-refractivity contribution in [1.29, 1.82) is 0 Å². The first-order valence-electron chi connectivity index (χ1n) is 6.05. The smallest absolute Gasteiger partial charge is 0.400 e. The molecule has 4 aromatic rings. The van der Waals surface area contributed by atoms with E-state index in [1.54, 1.807) is 18.6 Å². The highest BCUT2D eigenvalue weighted by Gasteiger charge is 2.37. The van der Waals surface area contributed by atoms with Crippen LogP contribution >= 0.6 is 0 Å². The molecule has 90 valence electrons. The largest absolute Gasteiger partial charge is 0.422 e. The summed E-state index contributed by atoms with van der Waals surface area (Å²) in [5.74, 6) is 0.815. The summed E-state index contributed by atoms with van der Waals surface area (Å²) < 4.78 is 13.9. The maximum absolute atomic E-state index is 5.99. The van der Waals surface area contributed by atoms with Gasteiger partial charge in [0.05, 0.1) is 11.6 Å². The van der Waals surface area contributed by atoms with Gasteiger partial charge in [0.25, 0.3) is 5.58 Å². The highest BCUT2D eigenvalue weighted by molar-refractivity contribution is 5.98. The molecule has 0 N–H and O–H groups in total. The lowest BCUT2D eigenvalue weighted by atomic mass is 10.2. The Morgan fingerprint density at radius 2 is 2.16 bits per heavy atom. The predicted octanol–water partition coefficient (Wildman–Crippen LogP) is 2.29. The van der Waals surface area contributed by atoms with Crippen LogP contribution in [0.3, 0.4) is 0 Å². The van der Waals surface area contributed by atoms with Crippen LogP contribution in [0.2, 0.25) is 0 Å². The van der Waals surface area contributed by atoms with Crippen LogP contribution in [0.4, 0.5) is 0 Å². The molecule has 0 radical (unpaired) electrons. The molecule has 0 spiro atoms. The number of hydrogen-bond donors (Lipinski definition) is 0. The molecule has 5 heterocycles. The number of hydrogen-bond acceptors (Lipinski definition) is 4. The van der Waals surface area contributed by atoms with E-state index in [-0.39, 0.29) is 0 Å². The fraction of sp³-hybridized carbons (Fsp3) is 0.0714. The second-order valence-corrected chi connectivity index (χ2v) is 4.60. The van der Waals surface area contributed by atoms with Crippen molar-refractivity contribution >= 4 is 22.3 Å². The van der Waals surface area contributed by atoms with E-state index in [1.807, 2.05) is 22.8 Å². The van der Waals surface area contributed by atoms with Gasteiger partial charge in [0.15, 0.2) is 12.1 Å². The van der Waals surface area contributed by atoms with Crippen LogP contribution < -0.4 is 4.57 Å². The van der Waals surface area contributed by atoms with Gasteiger partial charge < -0.3 is 8.83 Å². The summed E-state index contributed by atoms with van der Waals surface area (Å²) in [6.45, 7) is 0.686. The molecule has 19 heavy (non-hydrogen) atoms. The van der Waals surface area contributed by atoms with E-state index < -0.39 is 0 Å². The van der Waals surface area contributed by atoms with Crippen molar-refractivity contribution in [1.82, 2.24) is 9.97 Å². The Balaban J connectivity index is 1.93. The summed E-state index contributed by atoms with van der Waals surface area (Å²) in [5.41, 5.74) is 4.33. The van der Waals surface area contributed by atoms with Gasteiger partial charge in [-0.2, -0.15) is 0 Å². The molecule has 5 heteroatoms. The van der Waals surface area contributed by atoms with Crippen LogP contribution in [0.15, 0.2) is 45.6 Å². The molecule has 0 aromatic carbocycles. The number of pyridine rings is 2. The van der Waals surface area contributed by atoms with Crippen molar-refractivity contribution in [3.05, 3.63) is 42.5 Å². The Hall–Kier alpha value is -2.69. The Morgan fingerprint density at radius 1 is 1.16 bits per heavy atom. The van der Waals surface area contributed by atoms with E-state index in [4.69, 9.17) is 8.83 Å². The molecule has 0 fully saturated rings. The third kappa shape index (κ3) is 1.03. The highest BCUT2D eigenvalue weighted by Crippen LogP contribution is 2.34. The van der Waals surface area contributed by atoms with Gasteiger partial charge in [0, 0.05) is 12.4 Å². The van der Waals surface area contributed by atoms with Crippen molar-refractivity contribution in [2.45, 2.75) is 6.54 Å². The zero-order valence-electron chi connectivity index (χ0n) is 9.83. The van der Waals surface area contributed by atoms with Crippen molar-refractivity contribution in [3.8, 4) is 11.5 Å². The van der Waals surface area contributed by atoms with E-state index in [0.717, 1.165) is 39.4 Å². The second-order valence-electron chi connectivity index (χ2n) is 4.60. The molecule has 0 saturated heterocycles. The minimum atomic E-state index is 0.686. The van der Waals surface area contributed by atoms with E-state index in [0.29, 0.717) is 6.54 Å². The number of aromatic nitrogens is 3. The Bertz CT molecular complexity index is 952. The summed E-state index contributed by atoms with van der Waals surface area (Å²) in [6, 6.07) is 5.85. The third-order valence-corrected chi connectivity index (χ3v) is 3.55. The van der Waals surface area contributed by atoms with Crippen molar-refractivity contribution in [2.24, 2.45) is 0 Å². The number of oxazole rings is 1. The summed E-state index contributed by atoms with van der Waals surface area (Å²) in [5, 5.41) is 0.956. The molecule has 0 bridgehead atoms. The van der Waals surface area contributed by atoms with Gasteiger partial charge >= 0.3 is 11.6 Å². The van der Waals surface area contributed by atoms with E-state index in [9.17, 15) is 0 Å². The van der Waals surface area contributed by atoms with Crippen LogP contribution in [0, 0.1) is 0 Å². The predicted molar refractivity (Wildman–Crippen MR) is 66.3 cm³/mol. The summed E-state index contributed by atoms with van der Waals surface area (Å²) in [6.07, 6.45) is 5.24. The van der Waals surface area contributed by atoms with Crippen molar-refractivity contribution < 1.29 is 13.4 Å². The minimum absolute atomic E-state index is 0.686. The minimum Gasteiger partial charge on any atom is -0.400 e. The van der Waals surface area contributed by atoms with Crippen molar-refractivity contribution in [2.75, 3.05) is 0 Å². The average molecular weight is 250 g/mol. The molecule has 0 amide bonds. The van der Waals surface area contributed by atoms with Gasteiger partial charge in [-0.1, -0.05) is 0 Å². The fourth-order valence-corrected chi connectivity index (χ4v) is 2.69. The lowest BCUT2D eigenvalue weighted by molar-refractivity contribution is -0.656. The summed E-state index contributed by atoms with van der Waals surface area (Å²) in [4.78, 5) is 8.44. The van der Waals surface area contributed by atoms with E-state index in [2.05, 4.69) is 9.97 Å². The molecule has 4 aromatic heterocycles. The summed E-state index contributed by atoms with van der Waals surface area (Å²) >= 11 is 0. The van der Waals surface area contributed by atoms with Gasteiger partial charge in [-0.15, -0.1) is 4.57 Å². The van der Waals surface area contributed by atoms with Crippen LogP contribution in [-0.2, 0) is 6.54 Å². The molecular weight excluding hydrogens is 242 g/mol.